The SMILES string of the molecule is Cc1ccc(NC(=O)CN2CCN(c3c(C)nn(C4CCS(=O)(=O)C4)c3C)CC2)cc1C. The van der Waals surface area contributed by atoms with Gasteiger partial charge < -0.3 is 10.2 Å². The number of carbonyl (C=O) groups is 1. The van der Waals surface area contributed by atoms with E-state index >= 15 is 0 Å². The quantitative estimate of drug-likeness (QED) is 0.738. The van der Waals surface area contributed by atoms with Crippen molar-refractivity contribution in [1.29, 1.82) is 0 Å². The predicted molar refractivity (Wildman–Crippen MR) is 127 cm³/mol. The highest BCUT2D eigenvalue weighted by Crippen LogP contribution is 2.31. The molecule has 0 radical (unpaired) electrons. The molecule has 0 bridgehead atoms. The topological polar surface area (TPSA) is 87.5 Å². The first-order valence-electron chi connectivity index (χ1n) is 11.2. The van der Waals surface area contributed by atoms with Crippen LogP contribution in [0, 0.1) is 27.7 Å². The van der Waals surface area contributed by atoms with Gasteiger partial charge in [-0.2, -0.15) is 5.10 Å². The zero-order valence-electron chi connectivity index (χ0n) is 19.4. The van der Waals surface area contributed by atoms with Crippen molar-refractivity contribution in [3.05, 3.63) is 40.7 Å². The molecule has 3 heterocycles. The van der Waals surface area contributed by atoms with Crippen LogP contribution in [0.3, 0.4) is 0 Å². The summed E-state index contributed by atoms with van der Waals surface area (Å²) in [5.41, 5.74) is 6.29. The van der Waals surface area contributed by atoms with Crippen LogP contribution >= 0.6 is 0 Å². The van der Waals surface area contributed by atoms with Gasteiger partial charge in [-0.1, -0.05) is 6.07 Å². The number of carbonyl (C=O) groups excluding carboxylic acids is 1. The van der Waals surface area contributed by atoms with Gasteiger partial charge in [0.15, 0.2) is 9.84 Å². The molecular weight excluding hydrogens is 426 g/mol. The highest BCUT2D eigenvalue weighted by Gasteiger charge is 2.32. The van der Waals surface area contributed by atoms with Crippen molar-refractivity contribution >= 4 is 27.1 Å². The van der Waals surface area contributed by atoms with E-state index in [1.165, 1.54) is 5.56 Å². The Kier molecular flexibility index (Phi) is 6.31. The van der Waals surface area contributed by atoms with Crippen molar-refractivity contribution in [3.8, 4) is 0 Å². The van der Waals surface area contributed by atoms with Crippen molar-refractivity contribution in [2.24, 2.45) is 0 Å². The highest BCUT2D eigenvalue weighted by atomic mass is 32.2. The van der Waals surface area contributed by atoms with Gasteiger partial charge in [-0.15, -0.1) is 0 Å². The van der Waals surface area contributed by atoms with Gasteiger partial charge in [0.25, 0.3) is 0 Å². The van der Waals surface area contributed by atoms with Crippen LogP contribution in [0.2, 0.25) is 0 Å². The van der Waals surface area contributed by atoms with Gasteiger partial charge in [-0.05, 0) is 57.4 Å². The molecule has 2 aromatic rings. The molecule has 1 atom stereocenters. The number of nitrogens with one attached hydrogen (secondary N) is 1. The number of sulfone groups is 1. The Morgan fingerprint density at radius 1 is 1.09 bits per heavy atom. The van der Waals surface area contributed by atoms with Crippen LogP contribution in [0.25, 0.3) is 0 Å². The second-order valence-electron chi connectivity index (χ2n) is 9.13. The number of amides is 1. The van der Waals surface area contributed by atoms with Gasteiger partial charge >= 0.3 is 0 Å². The maximum absolute atomic E-state index is 12.5. The van der Waals surface area contributed by atoms with Crippen molar-refractivity contribution < 1.29 is 13.2 Å². The average Bonchev–Trinajstić information content (AvgIpc) is 3.23. The lowest BCUT2D eigenvalue weighted by molar-refractivity contribution is -0.117. The first kappa shape index (κ1) is 22.8. The first-order valence-corrected chi connectivity index (χ1v) is 13.1. The molecular formula is C23H33N5O3S. The lowest BCUT2D eigenvalue weighted by Crippen LogP contribution is -2.49. The van der Waals surface area contributed by atoms with E-state index in [9.17, 15) is 13.2 Å². The number of hydrogen-bond acceptors (Lipinski definition) is 6. The van der Waals surface area contributed by atoms with E-state index in [1.54, 1.807) is 0 Å². The van der Waals surface area contributed by atoms with Gasteiger partial charge in [-0.3, -0.25) is 14.4 Å². The molecule has 2 aliphatic rings. The molecule has 0 spiro atoms. The largest absolute Gasteiger partial charge is 0.366 e. The Hall–Kier alpha value is -2.39. The Morgan fingerprint density at radius 2 is 1.81 bits per heavy atom. The fourth-order valence-electron chi connectivity index (χ4n) is 4.79. The number of aryl methyl sites for hydroxylation is 3. The number of rotatable bonds is 5. The van der Waals surface area contributed by atoms with E-state index in [2.05, 4.69) is 22.0 Å². The third-order valence-corrected chi connectivity index (χ3v) is 8.44. The Labute approximate surface area is 190 Å². The third kappa shape index (κ3) is 4.83. The minimum Gasteiger partial charge on any atom is -0.366 e. The molecule has 0 saturated carbocycles. The maximum Gasteiger partial charge on any atom is 0.238 e. The van der Waals surface area contributed by atoms with E-state index in [-0.39, 0.29) is 23.5 Å². The van der Waals surface area contributed by atoms with E-state index in [1.807, 2.05) is 43.7 Å². The van der Waals surface area contributed by atoms with Crippen molar-refractivity contribution in [2.45, 2.75) is 40.2 Å². The predicted octanol–water partition coefficient (Wildman–Crippen LogP) is 2.24. The van der Waals surface area contributed by atoms with Crippen molar-refractivity contribution in [2.75, 3.05) is 54.4 Å². The molecule has 2 saturated heterocycles. The molecule has 2 aliphatic heterocycles. The Balaban J connectivity index is 1.34. The standard InChI is InChI=1S/C23H33N5O3S/c1-16-5-6-20(13-17(16)2)24-22(29)14-26-8-10-27(11-9-26)23-18(3)25-28(19(23)4)21-7-12-32(30,31)15-21/h5-6,13,21H,7-12,14-15H2,1-4H3,(H,24,29). The summed E-state index contributed by atoms with van der Waals surface area (Å²) >= 11 is 0. The summed E-state index contributed by atoms with van der Waals surface area (Å²) in [6.45, 7) is 11.7. The second-order valence-corrected chi connectivity index (χ2v) is 11.4. The molecule has 1 aromatic heterocycles. The lowest BCUT2D eigenvalue weighted by Gasteiger charge is -2.36. The molecule has 1 unspecified atom stereocenters. The molecule has 174 valence electrons. The normalized spacial score (nSPS) is 21.1. The summed E-state index contributed by atoms with van der Waals surface area (Å²) in [6.07, 6.45) is 0.632. The summed E-state index contributed by atoms with van der Waals surface area (Å²) in [4.78, 5) is 17.0. The zero-order valence-corrected chi connectivity index (χ0v) is 20.2. The molecule has 2 fully saturated rings. The van der Waals surface area contributed by atoms with Crippen LogP contribution in [0.4, 0.5) is 11.4 Å². The highest BCUT2D eigenvalue weighted by molar-refractivity contribution is 7.91. The molecule has 8 nitrogen and oxygen atoms in total. The number of piperazine rings is 1. The van der Waals surface area contributed by atoms with Gasteiger partial charge in [0.1, 0.15) is 0 Å². The van der Waals surface area contributed by atoms with Crippen LogP contribution in [0.1, 0.15) is 35.0 Å². The molecule has 1 amide bonds. The number of nitrogens with zero attached hydrogens (tertiary/aromatic N) is 4. The molecule has 1 N–H and O–H groups in total. The third-order valence-electron chi connectivity index (χ3n) is 6.69. The van der Waals surface area contributed by atoms with Gasteiger partial charge in [0.2, 0.25) is 5.91 Å². The van der Waals surface area contributed by atoms with Crippen LogP contribution in [0.5, 0.6) is 0 Å². The van der Waals surface area contributed by atoms with Crippen molar-refractivity contribution in [1.82, 2.24) is 14.7 Å². The van der Waals surface area contributed by atoms with Gasteiger partial charge in [-0.25, -0.2) is 8.42 Å². The van der Waals surface area contributed by atoms with E-state index in [0.29, 0.717) is 13.0 Å². The summed E-state index contributed by atoms with van der Waals surface area (Å²) in [7, 11) is -2.95. The number of anilines is 2. The summed E-state index contributed by atoms with van der Waals surface area (Å²) < 4.78 is 25.7. The van der Waals surface area contributed by atoms with Crippen molar-refractivity contribution in [3.63, 3.8) is 0 Å². The number of hydrogen-bond donors (Lipinski definition) is 1. The van der Waals surface area contributed by atoms with Crippen LogP contribution in [-0.2, 0) is 14.6 Å². The van der Waals surface area contributed by atoms with Crippen LogP contribution < -0.4 is 10.2 Å². The smallest absolute Gasteiger partial charge is 0.238 e. The Bertz CT molecular complexity index is 1120. The molecule has 32 heavy (non-hydrogen) atoms. The summed E-state index contributed by atoms with van der Waals surface area (Å²) in [6, 6.07) is 5.90. The molecule has 0 aliphatic carbocycles. The minimum absolute atomic E-state index is 0.00401. The van der Waals surface area contributed by atoms with Gasteiger partial charge in [0, 0.05) is 31.9 Å². The molecule has 9 heteroatoms. The second kappa shape index (κ2) is 8.86. The fourth-order valence-corrected chi connectivity index (χ4v) is 6.48. The average molecular weight is 460 g/mol. The monoisotopic (exact) mass is 459 g/mol. The van der Waals surface area contributed by atoms with E-state index in [4.69, 9.17) is 5.10 Å². The lowest BCUT2D eigenvalue weighted by atomic mass is 10.1. The number of aromatic nitrogens is 2. The zero-order chi connectivity index (χ0) is 23.0. The molecule has 4 rings (SSSR count). The maximum atomic E-state index is 12.5. The van der Waals surface area contributed by atoms with Gasteiger partial charge in [0.05, 0.1) is 41.2 Å². The number of benzene rings is 1. The Morgan fingerprint density at radius 3 is 2.44 bits per heavy atom. The molecule has 1 aromatic carbocycles. The summed E-state index contributed by atoms with van der Waals surface area (Å²) in [5, 5.41) is 7.70. The van der Waals surface area contributed by atoms with Crippen LogP contribution in [-0.4, -0.2) is 73.2 Å². The first-order chi connectivity index (χ1) is 15.1. The van der Waals surface area contributed by atoms with Crippen LogP contribution in [0.15, 0.2) is 18.2 Å². The minimum atomic E-state index is -2.95. The van der Waals surface area contributed by atoms with E-state index < -0.39 is 9.84 Å². The fraction of sp³-hybridized carbons (Fsp3) is 0.565. The summed E-state index contributed by atoms with van der Waals surface area (Å²) in [5.74, 6) is 0.427. The van der Waals surface area contributed by atoms with E-state index in [0.717, 1.165) is 54.5 Å².